The highest BCUT2D eigenvalue weighted by Crippen LogP contribution is 2.28. The van der Waals surface area contributed by atoms with Gasteiger partial charge in [0.1, 0.15) is 12.4 Å². The number of nitrogens with one attached hydrogen (secondary N) is 1. The fourth-order valence-corrected chi connectivity index (χ4v) is 3.71. The van der Waals surface area contributed by atoms with E-state index in [9.17, 15) is 4.79 Å². The molecule has 1 aromatic heterocycles. The number of rotatable bonds is 7. The normalized spacial score (nSPS) is 10.8. The molecule has 152 valence electrons. The molecule has 1 heterocycles. The fourth-order valence-electron chi connectivity index (χ4n) is 2.64. The van der Waals surface area contributed by atoms with Crippen LogP contribution in [0.4, 0.5) is 5.69 Å². The molecular weight excluding hydrogens is 431 g/mol. The van der Waals surface area contributed by atoms with Crippen molar-refractivity contribution < 1.29 is 9.53 Å². The molecule has 3 aromatic rings. The van der Waals surface area contributed by atoms with Crippen molar-refractivity contribution in [3.63, 3.8) is 0 Å². The van der Waals surface area contributed by atoms with E-state index in [1.54, 1.807) is 22.8 Å². The van der Waals surface area contributed by atoms with Crippen LogP contribution in [0.25, 0.3) is 0 Å². The van der Waals surface area contributed by atoms with Crippen LogP contribution in [-0.4, -0.2) is 26.4 Å². The van der Waals surface area contributed by atoms with Crippen LogP contribution in [0.3, 0.4) is 0 Å². The summed E-state index contributed by atoms with van der Waals surface area (Å²) in [5, 5.41) is 12.9. The second-order valence-corrected chi connectivity index (χ2v) is 8.21. The van der Waals surface area contributed by atoms with E-state index in [1.807, 2.05) is 39.1 Å². The Hall–Kier alpha value is -2.22. The van der Waals surface area contributed by atoms with Crippen LogP contribution in [0.1, 0.15) is 17.0 Å². The van der Waals surface area contributed by atoms with E-state index < -0.39 is 0 Å². The van der Waals surface area contributed by atoms with Crippen molar-refractivity contribution >= 4 is 46.6 Å². The lowest BCUT2D eigenvalue weighted by Crippen LogP contribution is -2.16. The van der Waals surface area contributed by atoms with Crippen LogP contribution in [0.15, 0.2) is 41.6 Å². The van der Waals surface area contributed by atoms with E-state index >= 15 is 0 Å². The quantitative estimate of drug-likeness (QED) is 0.510. The number of halogens is 2. The molecule has 0 unspecified atom stereocenters. The molecule has 2 aromatic carbocycles. The predicted octanol–water partition coefficient (Wildman–Crippen LogP) is 5.05. The molecule has 0 spiro atoms. The Balaban J connectivity index is 1.58. The first-order valence-corrected chi connectivity index (χ1v) is 10.5. The number of anilines is 1. The van der Waals surface area contributed by atoms with Gasteiger partial charge >= 0.3 is 0 Å². The van der Waals surface area contributed by atoms with Crippen LogP contribution in [0.2, 0.25) is 10.0 Å². The number of carbonyl (C=O) groups excluding carboxylic acids is 1. The van der Waals surface area contributed by atoms with Crippen molar-refractivity contribution in [3.05, 3.63) is 63.4 Å². The molecule has 0 bridgehead atoms. The topological polar surface area (TPSA) is 69.0 Å². The van der Waals surface area contributed by atoms with Crippen LogP contribution in [0, 0.1) is 13.8 Å². The van der Waals surface area contributed by atoms with Gasteiger partial charge < -0.3 is 14.6 Å². The summed E-state index contributed by atoms with van der Waals surface area (Å²) in [5.41, 5.74) is 2.91. The van der Waals surface area contributed by atoms with E-state index in [0.29, 0.717) is 26.8 Å². The maximum absolute atomic E-state index is 12.3. The summed E-state index contributed by atoms with van der Waals surface area (Å²) in [7, 11) is 1.82. The Morgan fingerprint density at radius 3 is 2.62 bits per heavy atom. The van der Waals surface area contributed by atoms with Crippen molar-refractivity contribution in [3.8, 4) is 5.75 Å². The first kappa shape index (κ1) is 21.5. The second-order valence-electron chi connectivity index (χ2n) is 6.42. The van der Waals surface area contributed by atoms with Crippen molar-refractivity contribution in [2.45, 2.75) is 25.6 Å². The molecule has 0 aliphatic carbocycles. The van der Waals surface area contributed by atoms with Gasteiger partial charge in [-0.2, -0.15) is 0 Å². The van der Waals surface area contributed by atoms with Crippen LogP contribution in [0.5, 0.6) is 5.75 Å². The maximum atomic E-state index is 12.3. The summed E-state index contributed by atoms with van der Waals surface area (Å²) in [6.07, 6.45) is 0. The molecule has 0 aliphatic heterocycles. The van der Waals surface area contributed by atoms with Crippen LogP contribution >= 0.6 is 35.0 Å². The van der Waals surface area contributed by atoms with Crippen LogP contribution in [-0.2, 0) is 18.4 Å². The van der Waals surface area contributed by atoms with Gasteiger partial charge in [-0.25, -0.2) is 0 Å². The van der Waals surface area contributed by atoms with Gasteiger partial charge in [0, 0.05) is 23.8 Å². The lowest BCUT2D eigenvalue weighted by molar-refractivity contribution is -0.113. The van der Waals surface area contributed by atoms with Crippen molar-refractivity contribution in [2.24, 2.45) is 7.05 Å². The highest BCUT2D eigenvalue weighted by molar-refractivity contribution is 7.99. The molecule has 0 fully saturated rings. The number of ether oxygens (including phenoxy) is 1. The van der Waals surface area contributed by atoms with Gasteiger partial charge in [0.2, 0.25) is 5.91 Å². The maximum Gasteiger partial charge on any atom is 0.234 e. The van der Waals surface area contributed by atoms with E-state index in [0.717, 1.165) is 16.8 Å². The zero-order valence-corrected chi connectivity index (χ0v) is 18.5. The van der Waals surface area contributed by atoms with E-state index in [4.69, 9.17) is 27.9 Å². The number of aryl methyl sites for hydroxylation is 2. The number of thioether (sulfide) groups is 1. The average molecular weight is 451 g/mol. The fraction of sp³-hybridized carbons (Fsp3) is 0.250. The zero-order chi connectivity index (χ0) is 21.0. The molecule has 0 aliphatic rings. The third-order valence-electron chi connectivity index (χ3n) is 4.25. The lowest BCUT2D eigenvalue weighted by atomic mass is 10.1. The van der Waals surface area contributed by atoms with Crippen molar-refractivity contribution in [2.75, 3.05) is 11.1 Å². The summed E-state index contributed by atoms with van der Waals surface area (Å²) in [4.78, 5) is 12.3. The summed E-state index contributed by atoms with van der Waals surface area (Å²) < 4.78 is 7.49. The standard InChI is InChI=1S/C20H20Cl2N4O2S/c1-12-5-4-6-13(2)19(12)23-18(27)11-29-20-25-24-17(26(20)3)10-28-16-9-14(21)7-8-15(16)22/h4-9H,10-11H2,1-3H3,(H,23,27). The number of hydrogen-bond donors (Lipinski definition) is 1. The zero-order valence-electron chi connectivity index (χ0n) is 16.2. The van der Waals surface area contributed by atoms with Crippen LogP contribution < -0.4 is 10.1 Å². The predicted molar refractivity (Wildman–Crippen MR) is 117 cm³/mol. The second kappa shape index (κ2) is 9.52. The Morgan fingerprint density at radius 2 is 1.90 bits per heavy atom. The Bertz CT molecular complexity index is 1020. The summed E-state index contributed by atoms with van der Waals surface area (Å²) in [6, 6.07) is 10.9. The third-order valence-corrected chi connectivity index (χ3v) is 5.82. The molecule has 1 N–H and O–H groups in total. The van der Waals surface area contributed by atoms with Gasteiger partial charge in [-0.15, -0.1) is 10.2 Å². The molecule has 3 rings (SSSR count). The number of para-hydroxylation sites is 1. The van der Waals surface area contributed by atoms with Crippen molar-refractivity contribution in [1.29, 1.82) is 0 Å². The molecule has 0 saturated heterocycles. The van der Waals surface area contributed by atoms with Gasteiger partial charge in [-0.1, -0.05) is 53.2 Å². The number of amides is 1. The van der Waals surface area contributed by atoms with E-state index in [1.165, 1.54) is 11.8 Å². The van der Waals surface area contributed by atoms with Gasteiger partial charge in [-0.3, -0.25) is 4.79 Å². The smallest absolute Gasteiger partial charge is 0.234 e. The molecule has 0 radical (unpaired) electrons. The number of carbonyl (C=O) groups is 1. The third kappa shape index (κ3) is 5.44. The Kier molecular flexibility index (Phi) is 7.05. The Morgan fingerprint density at radius 1 is 1.17 bits per heavy atom. The summed E-state index contributed by atoms with van der Waals surface area (Å²) >= 11 is 13.4. The number of hydrogen-bond acceptors (Lipinski definition) is 5. The molecular formula is C20H20Cl2N4O2S. The number of nitrogens with zero attached hydrogens (tertiary/aromatic N) is 3. The van der Waals surface area contributed by atoms with Gasteiger partial charge in [0.25, 0.3) is 0 Å². The number of benzene rings is 2. The first-order valence-electron chi connectivity index (χ1n) is 8.80. The monoisotopic (exact) mass is 450 g/mol. The Labute approximate surface area is 183 Å². The van der Waals surface area contributed by atoms with Gasteiger partial charge in [0.05, 0.1) is 10.8 Å². The van der Waals surface area contributed by atoms with E-state index in [2.05, 4.69) is 15.5 Å². The molecule has 6 nitrogen and oxygen atoms in total. The molecule has 29 heavy (non-hydrogen) atoms. The SMILES string of the molecule is Cc1cccc(C)c1NC(=O)CSc1nnc(COc2cc(Cl)ccc2Cl)n1C. The molecule has 0 saturated carbocycles. The average Bonchev–Trinajstić information content (AvgIpc) is 3.03. The highest BCUT2D eigenvalue weighted by Gasteiger charge is 2.14. The minimum Gasteiger partial charge on any atom is -0.484 e. The van der Waals surface area contributed by atoms with Gasteiger partial charge in [-0.05, 0) is 37.1 Å². The lowest BCUT2D eigenvalue weighted by Gasteiger charge is -2.11. The highest BCUT2D eigenvalue weighted by atomic mass is 35.5. The molecule has 1 amide bonds. The van der Waals surface area contributed by atoms with Gasteiger partial charge in [0.15, 0.2) is 11.0 Å². The molecule has 0 atom stereocenters. The summed E-state index contributed by atoms with van der Waals surface area (Å²) in [6.45, 7) is 4.12. The number of aromatic nitrogens is 3. The minimum atomic E-state index is -0.0982. The first-order chi connectivity index (χ1) is 13.8. The summed E-state index contributed by atoms with van der Waals surface area (Å²) in [5.74, 6) is 1.21. The largest absolute Gasteiger partial charge is 0.484 e. The minimum absolute atomic E-state index is 0.0982. The van der Waals surface area contributed by atoms with E-state index in [-0.39, 0.29) is 18.3 Å². The molecule has 9 heteroatoms. The van der Waals surface area contributed by atoms with Crippen molar-refractivity contribution in [1.82, 2.24) is 14.8 Å².